The molecule has 0 bridgehead atoms. The zero-order valence-electron chi connectivity index (χ0n) is 12.4. The zero-order chi connectivity index (χ0) is 15.3. The van der Waals surface area contributed by atoms with Crippen molar-refractivity contribution < 1.29 is 19.0 Å². The highest BCUT2D eigenvalue weighted by Crippen LogP contribution is 2.36. The van der Waals surface area contributed by atoms with Crippen LogP contribution in [0.1, 0.15) is 13.8 Å². The minimum Gasteiger partial charge on any atom is -0.495 e. The third-order valence-electron chi connectivity index (χ3n) is 2.93. The molecule has 0 aliphatic carbocycles. The van der Waals surface area contributed by atoms with E-state index in [2.05, 4.69) is 5.32 Å². The first-order valence-corrected chi connectivity index (χ1v) is 6.47. The second-order valence-corrected chi connectivity index (χ2v) is 5.32. The molecule has 0 atom stereocenters. The number of benzene rings is 1. The highest BCUT2D eigenvalue weighted by molar-refractivity contribution is 6.32. The van der Waals surface area contributed by atoms with E-state index >= 15 is 0 Å². The maximum absolute atomic E-state index is 11.6. The number of hydrogen-bond acceptors (Lipinski definition) is 5. The zero-order valence-corrected chi connectivity index (χ0v) is 13.1. The van der Waals surface area contributed by atoms with E-state index in [1.165, 1.54) is 14.2 Å². The van der Waals surface area contributed by atoms with Crippen LogP contribution < -0.4 is 14.8 Å². The van der Waals surface area contributed by atoms with Crippen LogP contribution in [0.4, 0.5) is 5.69 Å². The fraction of sp³-hybridized carbons (Fsp3) is 0.500. The molecule has 1 aromatic rings. The van der Waals surface area contributed by atoms with Crippen LogP contribution >= 0.6 is 11.6 Å². The number of esters is 1. The van der Waals surface area contributed by atoms with E-state index in [9.17, 15) is 4.79 Å². The van der Waals surface area contributed by atoms with Gasteiger partial charge in [0, 0.05) is 12.6 Å². The molecule has 6 heteroatoms. The molecule has 5 nitrogen and oxygen atoms in total. The average molecular weight is 302 g/mol. The summed E-state index contributed by atoms with van der Waals surface area (Å²) in [6.07, 6.45) is 0. The SMILES string of the molecule is COC(=O)C(C)(C)CNc1cc(Cl)c(OC)cc1OC. The topological polar surface area (TPSA) is 56.8 Å². The van der Waals surface area contributed by atoms with Crippen LogP contribution in [0.2, 0.25) is 5.02 Å². The number of carbonyl (C=O) groups is 1. The summed E-state index contributed by atoms with van der Waals surface area (Å²) in [6.45, 7) is 3.98. The molecule has 0 saturated heterocycles. The van der Waals surface area contributed by atoms with Gasteiger partial charge in [-0.15, -0.1) is 0 Å². The molecule has 0 aromatic heterocycles. The molecule has 0 saturated carbocycles. The van der Waals surface area contributed by atoms with Crippen molar-refractivity contribution >= 4 is 23.3 Å². The normalized spacial score (nSPS) is 10.9. The monoisotopic (exact) mass is 301 g/mol. The molecule has 0 amide bonds. The van der Waals surface area contributed by atoms with Crippen molar-refractivity contribution in [3.8, 4) is 11.5 Å². The van der Waals surface area contributed by atoms with Crippen molar-refractivity contribution in [3.05, 3.63) is 17.2 Å². The van der Waals surface area contributed by atoms with Gasteiger partial charge in [-0.05, 0) is 19.9 Å². The molecule has 0 heterocycles. The molecular weight excluding hydrogens is 282 g/mol. The minimum absolute atomic E-state index is 0.288. The highest BCUT2D eigenvalue weighted by Gasteiger charge is 2.28. The van der Waals surface area contributed by atoms with Gasteiger partial charge < -0.3 is 19.5 Å². The Morgan fingerprint density at radius 3 is 2.30 bits per heavy atom. The number of ether oxygens (including phenoxy) is 3. The van der Waals surface area contributed by atoms with Gasteiger partial charge in [-0.2, -0.15) is 0 Å². The summed E-state index contributed by atoms with van der Waals surface area (Å²) in [4.78, 5) is 11.6. The van der Waals surface area contributed by atoms with Gasteiger partial charge in [0.15, 0.2) is 0 Å². The lowest BCUT2D eigenvalue weighted by Gasteiger charge is -2.23. The first-order valence-electron chi connectivity index (χ1n) is 6.09. The molecule has 0 aliphatic heterocycles. The first-order chi connectivity index (χ1) is 9.35. The standard InChI is InChI=1S/C14H20ClNO4/c1-14(2,13(17)20-5)8-16-10-6-9(15)11(18-3)7-12(10)19-4/h6-7,16H,8H2,1-5H3. The molecule has 1 N–H and O–H groups in total. The molecule has 1 aromatic carbocycles. The number of halogens is 1. The van der Waals surface area contributed by atoms with Gasteiger partial charge in [0.1, 0.15) is 11.5 Å². The largest absolute Gasteiger partial charge is 0.495 e. The van der Waals surface area contributed by atoms with Crippen LogP contribution in [0.3, 0.4) is 0 Å². The maximum atomic E-state index is 11.6. The fourth-order valence-corrected chi connectivity index (χ4v) is 1.90. The van der Waals surface area contributed by atoms with Gasteiger partial charge >= 0.3 is 5.97 Å². The van der Waals surface area contributed by atoms with Crippen molar-refractivity contribution in [2.45, 2.75) is 13.8 Å². The molecule has 20 heavy (non-hydrogen) atoms. The van der Waals surface area contributed by atoms with Crippen LogP contribution in [0.25, 0.3) is 0 Å². The Kier molecular flexibility index (Phi) is 5.51. The quantitative estimate of drug-likeness (QED) is 0.819. The Balaban J connectivity index is 2.93. The maximum Gasteiger partial charge on any atom is 0.313 e. The molecule has 1 rings (SSSR count). The Hall–Kier alpha value is -1.62. The second kappa shape index (κ2) is 6.70. The molecular formula is C14H20ClNO4. The van der Waals surface area contributed by atoms with Crippen molar-refractivity contribution in [3.63, 3.8) is 0 Å². The van der Waals surface area contributed by atoms with Gasteiger partial charge in [-0.25, -0.2) is 0 Å². The lowest BCUT2D eigenvalue weighted by atomic mass is 9.93. The number of rotatable bonds is 6. The van der Waals surface area contributed by atoms with E-state index in [0.717, 1.165) is 0 Å². The third-order valence-corrected chi connectivity index (χ3v) is 3.23. The minimum atomic E-state index is -0.661. The van der Waals surface area contributed by atoms with Gasteiger partial charge in [0.2, 0.25) is 0 Å². The molecule has 0 fully saturated rings. The van der Waals surface area contributed by atoms with Crippen molar-refractivity contribution in [1.29, 1.82) is 0 Å². The van der Waals surface area contributed by atoms with Crippen LogP contribution in [-0.2, 0) is 9.53 Å². The summed E-state index contributed by atoms with van der Waals surface area (Å²) in [5, 5.41) is 3.61. The Bertz CT molecular complexity index is 488. The number of carbonyl (C=O) groups excluding carboxylic acids is 1. The highest BCUT2D eigenvalue weighted by atomic mass is 35.5. The van der Waals surface area contributed by atoms with E-state index < -0.39 is 5.41 Å². The van der Waals surface area contributed by atoms with Crippen LogP contribution in [0.15, 0.2) is 12.1 Å². The van der Waals surface area contributed by atoms with E-state index in [1.807, 2.05) is 0 Å². The van der Waals surface area contributed by atoms with Crippen LogP contribution in [-0.4, -0.2) is 33.8 Å². The van der Waals surface area contributed by atoms with Gasteiger partial charge in [0.05, 0.1) is 37.5 Å². The van der Waals surface area contributed by atoms with Crippen molar-refractivity contribution in [2.75, 3.05) is 33.2 Å². The molecule has 0 radical (unpaired) electrons. The van der Waals surface area contributed by atoms with E-state index in [0.29, 0.717) is 28.8 Å². The van der Waals surface area contributed by atoms with Crippen LogP contribution in [0, 0.1) is 5.41 Å². The molecule has 0 aliphatic rings. The smallest absolute Gasteiger partial charge is 0.313 e. The third kappa shape index (κ3) is 3.70. The number of hydrogen-bond donors (Lipinski definition) is 1. The van der Waals surface area contributed by atoms with Gasteiger partial charge in [-0.1, -0.05) is 11.6 Å². The first kappa shape index (κ1) is 16.4. The van der Waals surface area contributed by atoms with E-state index in [1.54, 1.807) is 33.1 Å². The molecule has 0 spiro atoms. The predicted octanol–water partition coefficient (Wildman–Crippen LogP) is 2.97. The van der Waals surface area contributed by atoms with Crippen molar-refractivity contribution in [2.24, 2.45) is 5.41 Å². The average Bonchev–Trinajstić information content (AvgIpc) is 2.44. The lowest BCUT2D eigenvalue weighted by molar-refractivity contribution is -0.149. The summed E-state index contributed by atoms with van der Waals surface area (Å²) in [5.41, 5.74) is 0.0295. The Labute approximate surface area is 124 Å². The second-order valence-electron chi connectivity index (χ2n) is 4.92. The summed E-state index contributed by atoms with van der Waals surface area (Å²) in [5.74, 6) is 0.830. The number of methoxy groups -OCH3 is 3. The number of nitrogens with one attached hydrogen (secondary N) is 1. The Morgan fingerprint density at radius 1 is 1.20 bits per heavy atom. The van der Waals surface area contributed by atoms with Crippen LogP contribution in [0.5, 0.6) is 11.5 Å². The summed E-state index contributed by atoms with van der Waals surface area (Å²) >= 11 is 6.09. The number of anilines is 1. The predicted molar refractivity (Wildman–Crippen MR) is 78.8 cm³/mol. The lowest BCUT2D eigenvalue weighted by Crippen LogP contribution is -2.33. The fourth-order valence-electron chi connectivity index (χ4n) is 1.66. The molecule has 0 unspecified atom stereocenters. The van der Waals surface area contributed by atoms with E-state index in [-0.39, 0.29) is 5.97 Å². The molecule has 112 valence electrons. The summed E-state index contributed by atoms with van der Waals surface area (Å²) < 4.78 is 15.2. The van der Waals surface area contributed by atoms with Crippen molar-refractivity contribution in [1.82, 2.24) is 0 Å². The van der Waals surface area contributed by atoms with Gasteiger partial charge in [0.25, 0.3) is 0 Å². The summed E-state index contributed by atoms with van der Waals surface area (Å²) in [7, 11) is 4.46. The van der Waals surface area contributed by atoms with E-state index in [4.69, 9.17) is 25.8 Å². The van der Waals surface area contributed by atoms with Gasteiger partial charge in [-0.3, -0.25) is 4.79 Å². The summed E-state index contributed by atoms with van der Waals surface area (Å²) in [6, 6.07) is 3.39. The Morgan fingerprint density at radius 2 is 1.80 bits per heavy atom.